The Labute approximate surface area is 145 Å². The summed E-state index contributed by atoms with van der Waals surface area (Å²) in [5.41, 5.74) is 2.11. The van der Waals surface area contributed by atoms with Crippen molar-refractivity contribution in [1.29, 1.82) is 0 Å². The summed E-state index contributed by atoms with van der Waals surface area (Å²) in [6.45, 7) is 9.16. The molecule has 0 fully saturated rings. The average Bonchev–Trinajstić information content (AvgIpc) is 2.84. The Morgan fingerprint density at radius 2 is 2.04 bits per heavy atom. The van der Waals surface area contributed by atoms with E-state index in [0.29, 0.717) is 22.7 Å². The van der Waals surface area contributed by atoms with Gasteiger partial charge in [-0.2, -0.15) is 0 Å². The van der Waals surface area contributed by atoms with Crippen LogP contribution >= 0.6 is 11.3 Å². The first-order chi connectivity index (χ1) is 11.2. The quantitative estimate of drug-likeness (QED) is 0.771. The Balaban J connectivity index is 2.27. The van der Waals surface area contributed by atoms with Crippen molar-refractivity contribution in [1.82, 2.24) is 10.3 Å². The number of nitrogens with zero attached hydrogens (tertiary/aromatic N) is 1. The zero-order chi connectivity index (χ0) is 17.9. The van der Waals surface area contributed by atoms with Crippen molar-refractivity contribution in [2.75, 3.05) is 11.3 Å². The van der Waals surface area contributed by atoms with Gasteiger partial charge in [0.2, 0.25) is 0 Å². The molecule has 1 amide bonds. The SMILES string of the molecule is C=CCNC(=O)c1sc(NS(=O)(=O)c2ccc(C)cc2C)nc1C. The number of carbonyl (C=O) groups is 1. The molecule has 1 aromatic heterocycles. The molecule has 2 rings (SSSR count). The summed E-state index contributed by atoms with van der Waals surface area (Å²) < 4.78 is 27.5. The molecule has 0 radical (unpaired) electrons. The molecule has 0 atom stereocenters. The van der Waals surface area contributed by atoms with E-state index in [9.17, 15) is 13.2 Å². The zero-order valence-electron chi connectivity index (χ0n) is 13.7. The van der Waals surface area contributed by atoms with Crippen LogP contribution in [0.3, 0.4) is 0 Å². The highest BCUT2D eigenvalue weighted by Gasteiger charge is 2.21. The minimum Gasteiger partial charge on any atom is -0.348 e. The van der Waals surface area contributed by atoms with Crippen molar-refractivity contribution in [2.45, 2.75) is 25.7 Å². The normalized spacial score (nSPS) is 11.1. The molecule has 0 unspecified atom stereocenters. The maximum absolute atomic E-state index is 12.5. The fourth-order valence-electron chi connectivity index (χ4n) is 2.17. The van der Waals surface area contributed by atoms with E-state index in [-0.39, 0.29) is 15.9 Å². The Morgan fingerprint density at radius 3 is 2.67 bits per heavy atom. The number of hydrogen-bond donors (Lipinski definition) is 2. The highest BCUT2D eigenvalue weighted by Crippen LogP contribution is 2.26. The van der Waals surface area contributed by atoms with E-state index in [2.05, 4.69) is 21.6 Å². The van der Waals surface area contributed by atoms with E-state index < -0.39 is 10.0 Å². The van der Waals surface area contributed by atoms with Crippen LogP contribution in [0, 0.1) is 20.8 Å². The van der Waals surface area contributed by atoms with Gasteiger partial charge in [0.05, 0.1) is 10.6 Å². The monoisotopic (exact) mass is 365 g/mol. The van der Waals surface area contributed by atoms with Crippen molar-refractivity contribution < 1.29 is 13.2 Å². The second-order valence-electron chi connectivity index (χ2n) is 5.31. The number of nitrogens with one attached hydrogen (secondary N) is 2. The van der Waals surface area contributed by atoms with E-state index in [0.717, 1.165) is 16.9 Å². The largest absolute Gasteiger partial charge is 0.348 e. The number of anilines is 1. The van der Waals surface area contributed by atoms with Gasteiger partial charge in [-0.05, 0) is 32.4 Å². The van der Waals surface area contributed by atoms with E-state index in [1.807, 2.05) is 6.92 Å². The van der Waals surface area contributed by atoms with Crippen molar-refractivity contribution in [3.63, 3.8) is 0 Å². The van der Waals surface area contributed by atoms with Crippen LogP contribution in [-0.4, -0.2) is 25.9 Å². The van der Waals surface area contributed by atoms with Gasteiger partial charge in [0, 0.05) is 6.54 Å². The highest BCUT2D eigenvalue weighted by molar-refractivity contribution is 7.93. The number of thiazole rings is 1. The number of aromatic nitrogens is 1. The summed E-state index contributed by atoms with van der Waals surface area (Å²) in [7, 11) is -3.76. The summed E-state index contributed by atoms with van der Waals surface area (Å²) >= 11 is 1.00. The number of aryl methyl sites for hydroxylation is 3. The molecule has 2 aromatic rings. The molecule has 8 heteroatoms. The molecule has 0 aliphatic carbocycles. The van der Waals surface area contributed by atoms with Crippen LogP contribution in [0.5, 0.6) is 0 Å². The Morgan fingerprint density at radius 1 is 1.33 bits per heavy atom. The van der Waals surface area contributed by atoms with E-state index in [4.69, 9.17) is 0 Å². The lowest BCUT2D eigenvalue weighted by Gasteiger charge is -2.08. The molecule has 2 N–H and O–H groups in total. The van der Waals surface area contributed by atoms with Gasteiger partial charge in [-0.3, -0.25) is 9.52 Å². The summed E-state index contributed by atoms with van der Waals surface area (Å²) in [5.74, 6) is -0.304. The Hall–Kier alpha value is -2.19. The second-order valence-corrected chi connectivity index (χ2v) is 7.96. The molecule has 6 nitrogen and oxygen atoms in total. The Bertz CT molecular complexity index is 886. The van der Waals surface area contributed by atoms with Crippen LogP contribution in [-0.2, 0) is 10.0 Å². The number of hydrogen-bond acceptors (Lipinski definition) is 5. The predicted molar refractivity (Wildman–Crippen MR) is 96.1 cm³/mol. The minimum atomic E-state index is -3.76. The van der Waals surface area contributed by atoms with Crippen LogP contribution in [0.2, 0.25) is 0 Å². The van der Waals surface area contributed by atoms with E-state index in [1.54, 1.807) is 38.1 Å². The van der Waals surface area contributed by atoms with Crippen molar-refractivity contribution in [3.05, 3.63) is 52.6 Å². The van der Waals surface area contributed by atoms with Gasteiger partial charge in [-0.1, -0.05) is 35.1 Å². The molecule has 0 saturated heterocycles. The number of carbonyl (C=O) groups excluding carboxylic acids is 1. The van der Waals surface area contributed by atoms with Crippen LogP contribution in [0.1, 0.15) is 26.5 Å². The van der Waals surface area contributed by atoms with Gasteiger partial charge in [0.25, 0.3) is 15.9 Å². The van der Waals surface area contributed by atoms with Gasteiger partial charge in [0.1, 0.15) is 4.88 Å². The molecular weight excluding hydrogens is 346 g/mol. The van der Waals surface area contributed by atoms with Crippen LogP contribution in [0.4, 0.5) is 5.13 Å². The average molecular weight is 365 g/mol. The summed E-state index contributed by atoms with van der Waals surface area (Å²) in [4.78, 5) is 16.7. The van der Waals surface area contributed by atoms with Crippen LogP contribution in [0.25, 0.3) is 0 Å². The van der Waals surface area contributed by atoms with Crippen molar-refractivity contribution >= 4 is 32.4 Å². The molecule has 0 saturated carbocycles. The molecule has 24 heavy (non-hydrogen) atoms. The molecule has 0 spiro atoms. The molecule has 1 aromatic carbocycles. The van der Waals surface area contributed by atoms with E-state index in [1.165, 1.54) is 0 Å². The minimum absolute atomic E-state index is 0.163. The second kappa shape index (κ2) is 7.14. The lowest BCUT2D eigenvalue weighted by atomic mass is 10.2. The van der Waals surface area contributed by atoms with Gasteiger partial charge < -0.3 is 5.32 Å². The number of benzene rings is 1. The third kappa shape index (κ3) is 4.01. The van der Waals surface area contributed by atoms with Crippen molar-refractivity contribution in [3.8, 4) is 0 Å². The summed E-state index contributed by atoms with van der Waals surface area (Å²) in [5, 5.41) is 2.81. The van der Waals surface area contributed by atoms with E-state index >= 15 is 0 Å². The first-order valence-corrected chi connectivity index (χ1v) is 9.51. The zero-order valence-corrected chi connectivity index (χ0v) is 15.3. The lowest BCUT2D eigenvalue weighted by molar-refractivity contribution is 0.0961. The Kier molecular flexibility index (Phi) is 5.40. The third-order valence-corrected chi connectivity index (χ3v) is 5.95. The predicted octanol–water partition coefficient (Wildman–Crippen LogP) is 2.78. The fourth-order valence-corrected chi connectivity index (χ4v) is 4.51. The molecule has 0 bridgehead atoms. The number of sulfonamides is 1. The third-order valence-electron chi connectivity index (χ3n) is 3.25. The fraction of sp³-hybridized carbons (Fsp3) is 0.250. The van der Waals surface area contributed by atoms with Crippen LogP contribution < -0.4 is 10.0 Å². The van der Waals surface area contributed by atoms with Gasteiger partial charge in [0.15, 0.2) is 5.13 Å². The number of rotatable bonds is 6. The van der Waals surface area contributed by atoms with Gasteiger partial charge >= 0.3 is 0 Å². The number of amides is 1. The standard InChI is InChI=1S/C16H19N3O3S2/c1-5-8-17-15(20)14-12(4)18-16(23-14)19-24(21,22)13-7-6-10(2)9-11(13)3/h5-7,9H,1,8H2,2-4H3,(H,17,20)(H,18,19). The maximum atomic E-state index is 12.5. The van der Waals surface area contributed by atoms with Gasteiger partial charge in [-0.25, -0.2) is 13.4 Å². The summed E-state index contributed by atoms with van der Waals surface area (Å²) in [6.07, 6.45) is 1.57. The molecule has 0 aliphatic rings. The molecular formula is C16H19N3O3S2. The van der Waals surface area contributed by atoms with Crippen molar-refractivity contribution in [2.24, 2.45) is 0 Å². The van der Waals surface area contributed by atoms with Gasteiger partial charge in [-0.15, -0.1) is 6.58 Å². The maximum Gasteiger partial charge on any atom is 0.263 e. The lowest BCUT2D eigenvalue weighted by Crippen LogP contribution is -2.22. The first kappa shape index (κ1) is 18.2. The summed E-state index contributed by atoms with van der Waals surface area (Å²) in [6, 6.07) is 5.10. The highest BCUT2D eigenvalue weighted by atomic mass is 32.2. The topological polar surface area (TPSA) is 88.2 Å². The molecule has 0 aliphatic heterocycles. The van der Waals surface area contributed by atoms with Crippen LogP contribution in [0.15, 0.2) is 35.7 Å². The first-order valence-electron chi connectivity index (χ1n) is 7.21. The molecule has 128 valence electrons. The molecule has 1 heterocycles. The smallest absolute Gasteiger partial charge is 0.263 e.